The summed E-state index contributed by atoms with van der Waals surface area (Å²) in [5, 5.41) is 1.87. The zero-order valence-corrected chi connectivity index (χ0v) is 16.5. The zero-order valence-electron chi connectivity index (χ0n) is 15.7. The molecule has 0 unspecified atom stereocenters. The Morgan fingerprint density at radius 1 is 1.14 bits per heavy atom. The van der Waals surface area contributed by atoms with Gasteiger partial charge in [-0.25, -0.2) is 9.97 Å². The Bertz CT molecular complexity index is 1140. The van der Waals surface area contributed by atoms with Crippen LogP contribution in [0.2, 0.25) is 0 Å². The van der Waals surface area contributed by atoms with E-state index in [1.54, 1.807) is 18.4 Å². The third kappa shape index (κ3) is 3.80. The molecule has 0 spiro atoms. The molecule has 0 atom stereocenters. The van der Waals surface area contributed by atoms with Gasteiger partial charge in [-0.15, -0.1) is 11.3 Å². The van der Waals surface area contributed by atoms with Gasteiger partial charge in [-0.1, -0.05) is 30.3 Å². The van der Waals surface area contributed by atoms with Crippen LogP contribution in [0.15, 0.2) is 54.6 Å². The van der Waals surface area contributed by atoms with Gasteiger partial charge in [-0.3, -0.25) is 4.79 Å². The van der Waals surface area contributed by atoms with Gasteiger partial charge in [-0.05, 0) is 37.6 Å². The van der Waals surface area contributed by atoms with Crippen LogP contribution in [0.4, 0.5) is 0 Å². The summed E-state index contributed by atoms with van der Waals surface area (Å²) in [6, 6.07) is 17.5. The van der Waals surface area contributed by atoms with Crippen molar-refractivity contribution in [1.29, 1.82) is 0 Å². The van der Waals surface area contributed by atoms with Crippen LogP contribution < -0.4 is 4.74 Å². The third-order valence-electron chi connectivity index (χ3n) is 4.64. The van der Waals surface area contributed by atoms with Crippen molar-refractivity contribution >= 4 is 28.0 Å². The van der Waals surface area contributed by atoms with Crippen LogP contribution in [0.25, 0.3) is 21.5 Å². The number of benzene rings is 2. The number of hydrogen-bond donors (Lipinski definition) is 0. The minimum Gasteiger partial charge on any atom is -0.494 e. The average Bonchev–Trinajstić information content (AvgIpc) is 3.12. The van der Waals surface area contributed by atoms with Crippen LogP contribution in [0.5, 0.6) is 5.75 Å². The topological polar surface area (TPSA) is 52.1 Å². The zero-order chi connectivity index (χ0) is 19.5. The van der Waals surface area contributed by atoms with Gasteiger partial charge in [0.05, 0.1) is 18.3 Å². The monoisotopic (exact) mass is 387 g/mol. The number of Topliss-reactive ketones (excluding diaryl/α,β-unsaturated/α-hetero) is 1. The minimum absolute atomic E-state index is 0.0994. The van der Waals surface area contributed by atoms with Crippen molar-refractivity contribution in [1.82, 2.24) is 9.97 Å². The lowest BCUT2D eigenvalue weighted by atomic mass is 10.0. The van der Waals surface area contributed by atoms with Crippen molar-refractivity contribution in [2.24, 2.45) is 0 Å². The molecule has 0 saturated heterocycles. The smallest absolute Gasteiger partial charge is 0.163 e. The van der Waals surface area contributed by atoms with Crippen molar-refractivity contribution < 1.29 is 9.53 Å². The minimum atomic E-state index is 0.0994. The number of carbonyl (C=O) groups excluding carboxylic acids is 1. The lowest BCUT2D eigenvalue weighted by Gasteiger charge is -2.04. The molecule has 4 rings (SSSR count). The van der Waals surface area contributed by atoms with Gasteiger partial charge < -0.3 is 4.74 Å². The maximum atomic E-state index is 12.7. The van der Waals surface area contributed by atoms with E-state index in [4.69, 9.17) is 9.72 Å². The second-order valence-electron chi connectivity index (χ2n) is 6.52. The number of methoxy groups -OCH3 is 1. The lowest BCUT2D eigenvalue weighted by molar-refractivity contribution is 0.0982. The Balaban J connectivity index is 1.50. The number of ether oxygens (including phenoxy) is 1. The van der Waals surface area contributed by atoms with Crippen molar-refractivity contribution in [2.45, 2.75) is 19.8 Å². The molecule has 0 fully saturated rings. The normalized spacial score (nSPS) is 10.9. The number of rotatable bonds is 6. The molecule has 4 nitrogen and oxygen atoms in total. The highest BCUT2D eigenvalue weighted by atomic mass is 32.1. The van der Waals surface area contributed by atoms with Gasteiger partial charge in [0.1, 0.15) is 17.0 Å². The molecule has 0 N–H and O–H groups in total. The molecule has 0 aliphatic carbocycles. The molecule has 0 bridgehead atoms. The van der Waals surface area contributed by atoms with Crippen molar-refractivity contribution in [3.05, 3.63) is 76.9 Å². The molecule has 28 heavy (non-hydrogen) atoms. The Morgan fingerprint density at radius 3 is 2.75 bits per heavy atom. The van der Waals surface area contributed by atoms with Crippen LogP contribution in [-0.2, 0) is 6.42 Å². The molecule has 2 aromatic heterocycles. The van der Waals surface area contributed by atoms with Gasteiger partial charge in [0, 0.05) is 27.8 Å². The molecule has 0 amide bonds. The second kappa shape index (κ2) is 7.90. The summed E-state index contributed by atoms with van der Waals surface area (Å²) in [6.45, 7) is 2.06. The number of fused-ring (bicyclic) bond motifs is 1. The largest absolute Gasteiger partial charge is 0.494 e. The highest BCUT2D eigenvalue weighted by Gasteiger charge is 2.13. The fourth-order valence-corrected chi connectivity index (χ4v) is 4.04. The summed E-state index contributed by atoms with van der Waals surface area (Å²) in [5.74, 6) is 0.658. The number of carbonyl (C=O) groups is 1. The van der Waals surface area contributed by atoms with Crippen LogP contribution in [-0.4, -0.2) is 22.9 Å². The van der Waals surface area contributed by atoms with Gasteiger partial charge in [0.25, 0.3) is 0 Å². The predicted octanol–water partition coefficient (Wildman–Crippen LogP) is 5.29. The number of thiazole rings is 1. The van der Waals surface area contributed by atoms with Crippen molar-refractivity contribution in [3.63, 3.8) is 0 Å². The summed E-state index contributed by atoms with van der Waals surface area (Å²) in [7, 11) is 1.58. The molecule has 4 aromatic rings. The molecule has 2 heterocycles. The standard InChI is InChI=1S/C23H19N2O2S/c1-15-20(25-23(28-15)16-6-4-3-5-7-16)10-11-22(26)17-8-9-21-18(12-17)13-19(27-2)14-24-21/h3-9,12-13H,10-11H2,1-2H3. The Kier molecular flexibility index (Phi) is 5.17. The van der Waals surface area contributed by atoms with Gasteiger partial charge >= 0.3 is 0 Å². The quantitative estimate of drug-likeness (QED) is 0.422. The Labute approximate surface area is 167 Å². The first kappa shape index (κ1) is 18.3. The SMILES string of the molecule is COc1[c]nc2ccc(C(=O)CCc3nc(-c4ccccc4)sc3C)cc2c1. The Morgan fingerprint density at radius 2 is 1.96 bits per heavy atom. The molecule has 1 radical (unpaired) electrons. The van der Waals surface area contributed by atoms with E-state index >= 15 is 0 Å². The molecular formula is C23H19N2O2S. The average molecular weight is 387 g/mol. The summed E-state index contributed by atoms with van der Waals surface area (Å²) >= 11 is 1.67. The van der Waals surface area contributed by atoms with E-state index < -0.39 is 0 Å². The first-order valence-corrected chi connectivity index (χ1v) is 9.87. The Hall–Kier alpha value is -3.05. The van der Waals surface area contributed by atoms with E-state index in [0.29, 0.717) is 24.2 Å². The molecule has 139 valence electrons. The van der Waals surface area contributed by atoms with Gasteiger partial charge in [0.15, 0.2) is 5.78 Å². The summed E-state index contributed by atoms with van der Waals surface area (Å²) < 4.78 is 5.17. The first-order chi connectivity index (χ1) is 13.6. The van der Waals surface area contributed by atoms with E-state index in [9.17, 15) is 4.79 Å². The van der Waals surface area contributed by atoms with E-state index in [0.717, 1.165) is 32.0 Å². The molecular weight excluding hydrogens is 368 g/mol. The van der Waals surface area contributed by atoms with E-state index in [1.807, 2.05) is 42.5 Å². The van der Waals surface area contributed by atoms with E-state index in [2.05, 4.69) is 30.2 Å². The fourth-order valence-electron chi connectivity index (χ4n) is 3.08. The second-order valence-corrected chi connectivity index (χ2v) is 7.72. The number of ketones is 1. The molecule has 0 saturated carbocycles. The molecule has 2 aromatic carbocycles. The van der Waals surface area contributed by atoms with Crippen LogP contribution >= 0.6 is 11.3 Å². The van der Waals surface area contributed by atoms with Crippen LogP contribution in [0, 0.1) is 13.1 Å². The van der Waals surface area contributed by atoms with Crippen molar-refractivity contribution in [2.75, 3.05) is 7.11 Å². The summed E-state index contributed by atoms with van der Waals surface area (Å²) in [6.07, 6.45) is 3.87. The fraction of sp³-hybridized carbons (Fsp3) is 0.174. The number of nitrogens with zero attached hydrogens (tertiary/aromatic N) is 2. The van der Waals surface area contributed by atoms with E-state index in [-0.39, 0.29) is 5.78 Å². The lowest BCUT2D eigenvalue weighted by Crippen LogP contribution is -2.02. The summed E-state index contributed by atoms with van der Waals surface area (Å²) in [5.41, 5.74) is 3.58. The number of aryl methyl sites for hydroxylation is 2. The van der Waals surface area contributed by atoms with Gasteiger partial charge in [-0.2, -0.15) is 0 Å². The number of aromatic nitrogens is 2. The highest BCUT2D eigenvalue weighted by molar-refractivity contribution is 7.15. The van der Waals surface area contributed by atoms with Crippen molar-refractivity contribution in [3.8, 4) is 16.3 Å². The van der Waals surface area contributed by atoms with E-state index in [1.165, 1.54) is 0 Å². The summed E-state index contributed by atoms with van der Waals surface area (Å²) in [4.78, 5) is 22.9. The molecule has 5 heteroatoms. The maximum Gasteiger partial charge on any atom is 0.163 e. The van der Waals surface area contributed by atoms with Crippen LogP contribution in [0.3, 0.4) is 0 Å². The highest BCUT2D eigenvalue weighted by Crippen LogP contribution is 2.28. The number of pyridine rings is 1. The third-order valence-corrected chi connectivity index (χ3v) is 5.71. The van der Waals surface area contributed by atoms with Gasteiger partial charge in [0.2, 0.25) is 0 Å². The molecule has 0 aliphatic heterocycles. The maximum absolute atomic E-state index is 12.7. The number of hydrogen-bond acceptors (Lipinski definition) is 5. The first-order valence-electron chi connectivity index (χ1n) is 9.05. The van der Waals surface area contributed by atoms with Crippen LogP contribution in [0.1, 0.15) is 27.3 Å². The molecule has 0 aliphatic rings. The predicted molar refractivity (Wildman–Crippen MR) is 112 cm³/mol.